The lowest BCUT2D eigenvalue weighted by molar-refractivity contribution is -0.140. The van der Waals surface area contributed by atoms with Crippen LogP contribution >= 0.6 is 0 Å². The zero-order valence-corrected chi connectivity index (χ0v) is 23.3. The molecule has 0 rings (SSSR count). The third kappa shape index (κ3) is 16.9. The summed E-state index contributed by atoms with van der Waals surface area (Å²) in [5, 5.41) is 0.312. The predicted molar refractivity (Wildman–Crippen MR) is 138 cm³/mol. The molecule has 186 valence electrons. The Morgan fingerprint density at radius 3 is 1.48 bits per heavy atom. The van der Waals surface area contributed by atoms with Gasteiger partial charge in [-0.1, -0.05) is 111 Å². The van der Waals surface area contributed by atoms with Gasteiger partial charge in [-0.15, -0.1) is 0 Å². The van der Waals surface area contributed by atoms with E-state index in [0.29, 0.717) is 17.6 Å². The van der Waals surface area contributed by atoms with Crippen LogP contribution in [0.4, 0.5) is 0 Å². The van der Waals surface area contributed by atoms with Crippen LogP contribution in [0.3, 0.4) is 0 Å². The van der Waals surface area contributed by atoms with Crippen molar-refractivity contribution in [3.8, 4) is 0 Å². The van der Waals surface area contributed by atoms with Crippen LogP contribution in [0.15, 0.2) is 0 Å². The number of methoxy groups -OCH3 is 1. The fraction of sp³-hybridized carbons (Fsp3) is 0.963. The summed E-state index contributed by atoms with van der Waals surface area (Å²) in [7, 11) is -0.151. The van der Waals surface area contributed by atoms with Crippen LogP contribution in [0.5, 0.6) is 0 Å². The zero-order chi connectivity index (χ0) is 23.6. The highest BCUT2D eigenvalue weighted by molar-refractivity contribution is 6.74. The monoisotopic (exact) mass is 456 g/mol. The molecule has 1 unspecified atom stereocenters. The van der Waals surface area contributed by atoms with E-state index in [1.807, 2.05) is 0 Å². The van der Waals surface area contributed by atoms with Gasteiger partial charge in [0.15, 0.2) is 8.32 Å². The standard InChI is InChI=1S/C27H56O3Si/c1-8-25(30-31(6,7)27(2,3)4)23-21-19-17-15-13-11-9-10-12-14-16-18-20-22-24-26(28)29-5/h25H,8-24H2,1-7H3. The molecule has 0 aliphatic carbocycles. The van der Waals surface area contributed by atoms with Gasteiger partial charge in [0.25, 0.3) is 0 Å². The molecule has 0 aromatic carbocycles. The molecule has 0 aliphatic rings. The minimum atomic E-state index is -1.62. The summed E-state index contributed by atoms with van der Waals surface area (Å²) >= 11 is 0. The summed E-state index contributed by atoms with van der Waals surface area (Å²) < 4.78 is 11.3. The van der Waals surface area contributed by atoms with Crippen molar-refractivity contribution in [1.82, 2.24) is 0 Å². The molecule has 0 aromatic heterocycles. The average molecular weight is 457 g/mol. The van der Waals surface area contributed by atoms with Crippen LogP contribution in [0.2, 0.25) is 18.1 Å². The third-order valence-electron chi connectivity index (χ3n) is 7.11. The first-order valence-corrected chi connectivity index (χ1v) is 16.3. The summed E-state index contributed by atoms with van der Waals surface area (Å²) in [5.41, 5.74) is 0. The normalized spacial score (nSPS) is 13.4. The lowest BCUT2D eigenvalue weighted by atomic mass is 10.0. The quantitative estimate of drug-likeness (QED) is 0.104. The van der Waals surface area contributed by atoms with Gasteiger partial charge in [0.2, 0.25) is 0 Å². The van der Waals surface area contributed by atoms with E-state index in [1.165, 1.54) is 90.6 Å². The van der Waals surface area contributed by atoms with E-state index in [0.717, 1.165) is 19.3 Å². The maximum atomic E-state index is 11.0. The fourth-order valence-electron chi connectivity index (χ4n) is 3.80. The van der Waals surface area contributed by atoms with Crippen molar-refractivity contribution in [3.63, 3.8) is 0 Å². The number of esters is 1. The molecule has 0 bridgehead atoms. The molecule has 0 aromatic rings. The van der Waals surface area contributed by atoms with Gasteiger partial charge in [-0.05, 0) is 37.4 Å². The second kappa shape index (κ2) is 18.1. The Morgan fingerprint density at radius 1 is 0.742 bits per heavy atom. The first-order valence-electron chi connectivity index (χ1n) is 13.4. The van der Waals surface area contributed by atoms with Crippen LogP contribution in [-0.2, 0) is 14.0 Å². The van der Waals surface area contributed by atoms with Crippen molar-refractivity contribution in [2.24, 2.45) is 0 Å². The number of carbonyl (C=O) groups is 1. The molecule has 0 N–H and O–H groups in total. The van der Waals surface area contributed by atoms with Crippen molar-refractivity contribution in [2.75, 3.05) is 7.11 Å². The van der Waals surface area contributed by atoms with E-state index in [2.05, 4.69) is 45.5 Å². The minimum absolute atomic E-state index is 0.0687. The lowest BCUT2D eigenvalue weighted by Crippen LogP contribution is -2.43. The Hall–Kier alpha value is -0.353. The molecule has 3 nitrogen and oxygen atoms in total. The first kappa shape index (κ1) is 30.6. The van der Waals surface area contributed by atoms with Gasteiger partial charge in [-0.2, -0.15) is 0 Å². The Bertz CT molecular complexity index is 429. The molecule has 4 heteroatoms. The molecule has 0 fully saturated rings. The molecule has 0 saturated carbocycles. The van der Waals surface area contributed by atoms with E-state index in [-0.39, 0.29) is 5.97 Å². The lowest BCUT2D eigenvalue weighted by Gasteiger charge is -2.39. The number of hydrogen-bond acceptors (Lipinski definition) is 3. The largest absolute Gasteiger partial charge is 0.469 e. The second-order valence-corrected chi connectivity index (χ2v) is 15.7. The van der Waals surface area contributed by atoms with Crippen molar-refractivity contribution < 1.29 is 14.0 Å². The van der Waals surface area contributed by atoms with Gasteiger partial charge in [-0.25, -0.2) is 0 Å². The van der Waals surface area contributed by atoms with Crippen molar-refractivity contribution in [2.45, 2.75) is 161 Å². The molecule has 31 heavy (non-hydrogen) atoms. The Labute approximate surface area is 196 Å². The van der Waals surface area contributed by atoms with Gasteiger partial charge in [-0.3, -0.25) is 4.79 Å². The molecular weight excluding hydrogens is 400 g/mol. The van der Waals surface area contributed by atoms with E-state index in [1.54, 1.807) is 0 Å². The van der Waals surface area contributed by atoms with Crippen molar-refractivity contribution >= 4 is 14.3 Å². The van der Waals surface area contributed by atoms with E-state index >= 15 is 0 Å². The zero-order valence-electron chi connectivity index (χ0n) is 22.3. The minimum Gasteiger partial charge on any atom is -0.469 e. The summed E-state index contributed by atoms with van der Waals surface area (Å²) in [6.45, 7) is 14.0. The summed E-state index contributed by atoms with van der Waals surface area (Å²) in [6.07, 6.45) is 22.0. The predicted octanol–water partition coefficient (Wildman–Crippen LogP) is 9.20. The van der Waals surface area contributed by atoms with Crippen molar-refractivity contribution in [3.05, 3.63) is 0 Å². The van der Waals surface area contributed by atoms with Crippen LogP contribution in [-0.4, -0.2) is 27.5 Å². The summed E-state index contributed by atoms with van der Waals surface area (Å²) in [4.78, 5) is 11.0. The van der Waals surface area contributed by atoms with Crippen LogP contribution in [0.25, 0.3) is 0 Å². The van der Waals surface area contributed by atoms with E-state index in [9.17, 15) is 4.79 Å². The van der Waals surface area contributed by atoms with Gasteiger partial charge in [0, 0.05) is 12.5 Å². The van der Waals surface area contributed by atoms with Gasteiger partial charge in [0.05, 0.1) is 7.11 Å². The number of unbranched alkanes of at least 4 members (excludes halogenated alkanes) is 13. The highest BCUT2D eigenvalue weighted by Gasteiger charge is 2.38. The smallest absolute Gasteiger partial charge is 0.305 e. The van der Waals surface area contributed by atoms with Gasteiger partial charge in [0.1, 0.15) is 0 Å². The SMILES string of the molecule is CCC(CCCCCCCCCCCCCCCCC(=O)OC)O[Si](C)(C)C(C)(C)C. The highest BCUT2D eigenvalue weighted by atomic mass is 28.4. The Kier molecular flexibility index (Phi) is 17.9. The van der Waals surface area contributed by atoms with Crippen LogP contribution in [0, 0.1) is 0 Å². The molecule has 1 atom stereocenters. The maximum Gasteiger partial charge on any atom is 0.305 e. The van der Waals surface area contributed by atoms with Crippen molar-refractivity contribution in [1.29, 1.82) is 0 Å². The van der Waals surface area contributed by atoms with Crippen LogP contribution in [0.1, 0.15) is 137 Å². The molecule has 0 amide bonds. The maximum absolute atomic E-state index is 11.0. The molecule has 0 aliphatic heterocycles. The summed E-state index contributed by atoms with van der Waals surface area (Å²) in [6, 6.07) is 0. The molecular formula is C27H56O3Si. The number of hydrogen-bond donors (Lipinski definition) is 0. The Balaban J connectivity index is 3.45. The van der Waals surface area contributed by atoms with Crippen LogP contribution < -0.4 is 0 Å². The van der Waals surface area contributed by atoms with Gasteiger partial charge >= 0.3 is 5.97 Å². The third-order valence-corrected chi connectivity index (χ3v) is 11.6. The molecule has 0 spiro atoms. The first-order chi connectivity index (χ1) is 14.6. The molecule has 0 radical (unpaired) electrons. The van der Waals surface area contributed by atoms with E-state index in [4.69, 9.17) is 4.43 Å². The number of carbonyl (C=O) groups excluding carboxylic acids is 1. The second-order valence-electron chi connectivity index (χ2n) is 11.0. The fourth-order valence-corrected chi connectivity index (χ4v) is 5.28. The number of ether oxygens (including phenoxy) is 1. The Morgan fingerprint density at radius 2 is 1.13 bits per heavy atom. The molecule has 0 heterocycles. The number of rotatable bonds is 20. The molecule has 0 saturated heterocycles. The highest BCUT2D eigenvalue weighted by Crippen LogP contribution is 2.38. The summed E-state index contributed by atoms with van der Waals surface area (Å²) in [5.74, 6) is -0.0687. The topological polar surface area (TPSA) is 35.5 Å². The average Bonchev–Trinajstić information content (AvgIpc) is 2.71. The van der Waals surface area contributed by atoms with Gasteiger partial charge < -0.3 is 9.16 Å². The van der Waals surface area contributed by atoms with E-state index < -0.39 is 8.32 Å².